The predicted octanol–water partition coefficient (Wildman–Crippen LogP) is 2.76. The molecule has 0 bridgehead atoms. The summed E-state index contributed by atoms with van der Waals surface area (Å²) in [4.78, 5) is 23.9. The first-order chi connectivity index (χ1) is 12.0. The number of carbonyl (C=O) groups excluding carboxylic acids is 2. The number of hydrogen-bond donors (Lipinski definition) is 1. The van der Waals surface area contributed by atoms with E-state index in [-0.39, 0.29) is 17.4 Å². The first-order valence-electron chi connectivity index (χ1n) is 7.48. The van der Waals surface area contributed by atoms with Gasteiger partial charge < -0.3 is 14.8 Å². The average Bonchev–Trinajstić information content (AvgIpc) is 2.62. The number of esters is 1. The molecular weight excluding hydrogens is 349 g/mol. The maximum atomic E-state index is 13.1. The number of carbonyl (C=O) groups is 2. The molecule has 1 atom stereocenters. The van der Waals surface area contributed by atoms with Gasteiger partial charge in [-0.15, -0.1) is 0 Å². The van der Waals surface area contributed by atoms with Crippen molar-refractivity contribution in [2.75, 3.05) is 13.7 Å². The molecule has 0 heterocycles. The molecule has 0 aromatic heterocycles. The molecule has 0 saturated heterocycles. The third kappa shape index (κ3) is 5.76. The highest BCUT2D eigenvalue weighted by Gasteiger charge is 2.22. The molecule has 0 fully saturated rings. The lowest BCUT2D eigenvalue weighted by atomic mass is 10.1. The van der Waals surface area contributed by atoms with E-state index in [1.165, 1.54) is 19.2 Å². The smallest absolute Gasteiger partial charge is 0.328 e. The summed E-state index contributed by atoms with van der Waals surface area (Å²) in [5.74, 6) is -1.39. The third-order valence-corrected chi connectivity index (χ3v) is 3.65. The highest BCUT2D eigenvalue weighted by Crippen LogP contribution is 2.20. The Morgan fingerprint density at radius 1 is 1.20 bits per heavy atom. The monoisotopic (exact) mass is 365 g/mol. The molecule has 1 amide bonds. The van der Waals surface area contributed by atoms with Crippen LogP contribution in [0.25, 0.3) is 0 Å². The van der Waals surface area contributed by atoms with Gasteiger partial charge in [0, 0.05) is 12.5 Å². The standard InChI is InChI=1S/C18H17ClFNO4/c1-24-18(23)16(9-12-5-3-2-4-6-12)21-17(22)11-25-13-7-8-15(20)14(19)10-13/h2-8,10,16H,9,11H2,1H3,(H,21,22)/t16-/m1/s1. The normalized spacial score (nSPS) is 11.5. The van der Waals surface area contributed by atoms with Crippen molar-refractivity contribution in [2.45, 2.75) is 12.5 Å². The number of ether oxygens (including phenoxy) is 2. The van der Waals surface area contributed by atoms with Crippen LogP contribution in [0, 0.1) is 5.82 Å². The number of nitrogens with one attached hydrogen (secondary N) is 1. The van der Waals surface area contributed by atoms with E-state index in [9.17, 15) is 14.0 Å². The predicted molar refractivity (Wildman–Crippen MR) is 91.0 cm³/mol. The van der Waals surface area contributed by atoms with Crippen LogP contribution in [0.3, 0.4) is 0 Å². The van der Waals surface area contributed by atoms with Gasteiger partial charge in [-0.25, -0.2) is 9.18 Å². The van der Waals surface area contributed by atoms with Crippen LogP contribution in [0.1, 0.15) is 5.56 Å². The van der Waals surface area contributed by atoms with Crippen molar-refractivity contribution in [1.82, 2.24) is 5.32 Å². The van der Waals surface area contributed by atoms with Crippen LogP contribution in [-0.2, 0) is 20.7 Å². The Hall–Kier alpha value is -2.60. The van der Waals surface area contributed by atoms with E-state index in [0.717, 1.165) is 11.6 Å². The summed E-state index contributed by atoms with van der Waals surface area (Å²) < 4.78 is 23.1. The van der Waals surface area contributed by atoms with Crippen molar-refractivity contribution in [1.29, 1.82) is 0 Å². The van der Waals surface area contributed by atoms with Crippen LogP contribution in [0.15, 0.2) is 48.5 Å². The summed E-state index contributed by atoms with van der Waals surface area (Å²) in [6.45, 7) is -0.343. The summed E-state index contributed by atoms with van der Waals surface area (Å²) >= 11 is 5.65. The molecule has 5 nitrogen and oxygen atoms in total. The summed E-state index contributed by atoms with van der Waals surface area (Å²) in [5.41, 5.74) is 0.879. The molecule has 0 aliphatic heterocycles. The number of methoxy groups -OCH3 is 1. The van der Waals surface area contributed by atoms with Crippen LogP contribution in [0.4, 0.5) is 4.39 Å². The van der Waals surface area contributed by atoms with Crippen LogP contribution in [0.2, 0.25) is 5.02 Å². The van der Waals surface area contributed by atoms with Crippen molar-refractivity contribution >= 4 is 23.5 Å². The minimum atomic E-state index is -0.833. The van der Waals surface area contributed by atoms with Crippen molar-refractivity contribution in [3.8, 4) is 5.75 Å². The zero-order valence-electron chi connectivity index (χ0n) is 13.5. The maximum Gasteiger partial charge on any atom is 0.328 e. The number of hydrogen-bond acceptors (Lipinski definition) is 4. The summed E-state index contributed by atoms with van der Waals surface area (Å²) in [6, 6.07) is 12.2. The van der Waals surface area contributed by atoms with Crippen LogP contribution in [-0.4, -0.2) is 31.6 Å². The van der Waals surface area contributed by atoms with E-state index in [2.05, 4.69) is 5.32 Å². The van der Waals surface area contributed by atoms with Crippen molar-refractivity contribution in [2.24, 2.45) is 0 Å². The summed E-state index contributed by atoms with van der Waals surface area (Å²) in [5, 5.41) is 2.46. The van der Waals surface area contributed by atoms with Gasteiger partial charge in [-0.05, 0) is 17.7 Å². The van der Waals surface area contributed by atoms with Crippen molar-refractivity contribution in [3.63, 3.8) is 0 Å². The lowest BCUT2D eigenvalue weighted by Gasteiger charge is -2.17. The second kappa shape index (κ2) is 9.03. The SMILES string of the molecule is COC(=O)[C@@H](Cc1ccccc1)NC(=O)COc1ccc(F)c(Cl)c1. The lowest BCUT2D eigenvalue weighted by Crippen LogP contribution is -2.44. The summed E-state index contributed by atoms with van der Waals surface area (Å²) in [6.07, 6.45) is 0.293. The molecule has 0 aliphatic carbocycles. The van der Waals surface area contributed by atoms with Crippen LogP contribution in [0.5, 0.6) is 5.75 Å². The van der Waals surface area contributed by atoms with Gasteiger partial charge in [-0.1, -0.05) is 41.9 Å². The number of halogens is 2. The van der Waals surface area contributed by atoms with Crippen LogP contribution < -0.4 is 10.1 Å². The molecule has 2 aromatic rings. The van der Waals surface area contributed by atoms with Crippen molar-refractivity contribution in [3.05, 3.63) is 64.9 Å². The topological polar surface area (TPSA) is 64.6 Å². The molecule has 0 radical (unpaired) electrons. The maximum absolute atomic E-state index is 13.1. The molecule has 7 heteroatoms. The Kier molecular flexibility index (Phi) is 6.77. The highest BCUT2D eigenvalue weighted by molar-refractivity contribution is 6.30. The van der Waals surface area contributed by atoms with Gasteiger partial charge in [0.05, 0.1) is 12.1 Å². The minimum absolute atomic E-state index is 0.102. The largest absolute Gasteiger partial charge is 0.484 e. The van der Waals surface area contributed by atoms with E-state index >= 15 is 0 Å². The third-order valence-electron chi connectivity index (χ3n) is 3.36. The molecule has 0 spiro atoms. The van der Waals surface area contributed by atoms with Gasteiger partial charge in [0.1, 0.15) is 17.6 Å². The quantitative estimate of drug-likeness (QED) is 0.766. The molecule has 2 rings (SSSR count). The van der Waals surface area contributed by atoms with E-state index in [4.69, 9.17) is 21.1 Å². The molecule has 25 heavy (non-hydrogen) atoms. The van der Waals surface area contributed by atoms with Gasteiger partial charge in [-0.3, -0.25) is 4.79 Å². The molecular formula is C18H17ClFNO4. The fourth-order valence-corrected chi connectivity index (χ4v) is 2.31. The van der Waals surface area contributed by atoms with Gasteiger partial charge in [-0.2, -0.15) is 0 Å². The fourth-order valence-electron chi connectivity index (χ4n) is 2.14. The highest BCUT2D eigenvalue weighted by atomic mass is 35.5. The molecule has 132 valence electrons. The first-order valence-corrected chi connectivity index (χ1v) is 7.86. The van der Waals surface area contributed by atoms with Gasteiger partial charge in [0.2, 0.25) is 0 Å². The lowest BCUT2D eigenvalue weighted by molar-refractivity contribution is -0.145. The Labute approximate surface area is 149 Å². The molecule has 0 saturated carbocycles. The summed E-state index contributed by atoms with van der Waals surface area (Å²) in [7, 11) is 1.25. The number of benzene rings is 2. The second-order valence-corrected chi connectivity index (χ2v) is 5.60. The van der Waals surface area contributed by atoms with E-state index < -0.39 is 23.7 Å². The molecule has 0 unspecified atom stereocenters. The van der Waals surface area contributed by atoms with Gasteiger partial charge in [0.25, 0.3) is 5.91 Å². The molecule has 1 N–H and O–H groups in total. The minimum Gasteiger partial charge on any atom is -0.484 e. The van der Waals surface area contributed by atoms with Crippen LogP contribution >= 0.6 is 11.6 Å². The van der Waals surface area contributed by atoms with Crippen molar-refractivity contribution < 1.29 is 23.5 Å². The van der Waals surface area contributed by atoms with Gasteiger partial charge in [0.15, 0.2) is 6.61 Å². The second-order valence-electron chi connectivity index (χ2n) is 5.20. The fraction of sp³-hybridized carbons (Fsp3) is 0.222. The van der Waals surface area contributed by atoms with Gasteiger partial charge >= 0.3 is 5.97 Å². The van der Waals surface area contributed by atoms with E-state index in [0.29, 0.717) is 6.42 Å². The number of amides is 1. The Morgan fingerprint density at radius 2 is 1.92 bits per heavy atom. The number of rotatable bonds is 7. The Morgan fingerprint density at radius 3 is 2.56 bits per heavy atom. The zero-order valence-corrected chi connectivity index (χ0v) is 14.3. The Bertz CT molecular complexity index is 739. The van der Waals surface area contributed by atoms with E-state index in [1.54, 1.807) is 0 Å². The first kappa shape index (κ1) is 18.7. The average molecular weight is 366 g/mol. The zero-order chi connectivity index (χ0) is 18.2. The molecule has 0 aliphatic rings. The molecule has 2 aromatic carbocycles. The Balaban J connectivity index is 1.94. The van der Waals surface area contributed by atoms with E-state index in [1.807, 2.05) is 30.3 Å².